The second-order valence-corrected chi connectivity index (χ2v) is 13.4. The summed E-state index contributed by atoms with van der Waals surface area (Å²) in [5, 5.41) is 6.37. The standard InChI is InChI=1S/C27H34N6O5S2/c1-27(2,3)33-40(36,37)23-13-19(32-26(35)31-15-17-5-4-12-29-14-17)8-11-21(23)22-16-30-24(39-22)18-6-9-20(10-7-18)38-25(28)34/h4-5,8,11-14,16,18,20,33H,6-7,9-10,15H2,1-3H3,(H2,28,34)(H2,31,32,35). The van der Waals surface area contributed by atoms with Gasteiger partial charge in [0, 0.05) is 47.8 Å². The van der Waals surface area contributed by atoms with E-state index in [-0.39, 0.29) is 23.5 Å². The molecule has 0 atom stereocenters. The minimum absolute atomic E-state index is 0.0428. The number of primary amides is 1. The number of nitrogens with one attached hydrogen (secondary N) is 3. The van der Waals surface area contributed by atoms with E-state index >= 15 is 0 Å². The summed E-state index contributed by atoms with van der Waals surface area (Å²) in [6.07, 6.45) is 7.01. The summed E-state index contributed by atoms with van der Waals surface area (Å²) in [4.78, 5) is 33.0. The number of thiazole rings is 1. The fourth-order valence-electron chi connectivity index (χ4n) is 4.54. The molecule has 1 aliphatic carbocycles. The molecule has 3 aromatic rings. The Labute approximate surface area is 238 Å². The molecule has 11 nitrogen and oxygen atoms in total. The van der Waals surface area contributed by atoms with Crippen molar-refractivity contribution in [1.82, 2.24) is 20.0 Å². The molecule has 1 aliphatic rings. The lowest BCUT2D eigenvalue weighted by molar-refractivity contribution is 0.0787. The maximum atomic E-state index is 13.5. The van der Waals surface area contributed by atoms with E-state index in [9.17, 15) is 18.0 Å². The second kappa shape index (κ2) is 12.3. The van der Waals surface area contributed by atoms with Crippen molar-refractivity contribution >= 4 is 39.2 Å². The molecule has 0 bridgehead atoms. The first kappa shape index (κ1) is 29.4. The molecule has 5 N–H and O–H groups in total. The van der Waals surface area contributed by atoms with Crippen LogP contribution in [0.2, 0.25) is 0 Å². The fraction of sp³-hybridized carbons (Fsp3) is 0.407. The first-order chi connectivity index (χ1) is 18.9. The van der Waals surface area contributed by atoms with Crippen LogP contribution < -0.4 is 21.1 Å². The predicted octanol–water partition coefficient (Wildman–Crippen LogP) is 4.73. The Morgan fingerprint density at radius 2 is 1.88 bits per heavy atom. The van der Waals surface area contributed by atoms with Crippen molar-refractivity contribution in [2.24, 2.45) is 5.73 Å². The number of urea groups is 1. The number of ether oxygens (including phenoxy) is 1. The van der Waals surface area contributed by atoms with E-state index in [1.807, 2.05) is 6.07 Å². The van der Waals surface area contributed by atoms with E-state index in [2.05, 4.69) is 25.3 Å². The third-order valence-corrected chi connectivity index (χ3v) is 9.23. The van der Waals surface area contributed by atoms with Crippen molar-refractivity contribution in [3.63, 3.8) is 0 Å². The zero-order valence-electron chi connectivity index (χ0n) is 22.6. The van der Waals surface area contributed by atoms with Crippen LogP contribution >= 0.6 is 11.3 Å². The van der Waals surface area contributed by atoms with Crippen LogP contribution in [0, 0.1) is 0 Å². The molecule has 0 unspecified atom stereocenters. The van der Waals surface area contributed by atoms with Gasteiger partial charge < -0.3 is 21.1 Å². The summed E-state index contributed by atoms with van der Waals surface area (Å²) in [5.74, 6) is 0.184. The second-order valence-electron chi connectivity index (χ2n) is 10.7. The van der Waals surface area contributed by atoms with E-state index < -0.39 is 27.7 Å². The zero-order valence-corrected chi connectivity index (χ0v) is 24.3. The molecule has 214 valence electrons. The number of benzene rings is 1. The summed E-state index contributed by atoms with van der Waals surface area (Å²) in [7, 11) is -3.96. The number of hydrogen-bond donors (Lipinski definition) is 4. The molecule has 0 spiro atoms. The Kier molecular flexibility index (Phi) is 9.06. The highest BCUT2D eigenvalue weighted by atomic mass is 32.2. The van der Waals surface area contributed by atoms with E-state index in [1.165, 1.54) is 17.4 Å². The quantitative estimate of drug-likeness (QED) is 0.296. The van der Waals surface area contributed by atoms with Crippen molar-refractivity contribution < 1.29 is 22.7 Å². The van der Waals surface area contributed by atoms with E-state index in [0.29, 0.717) is 29.0 Å². The van der Waals surface area contributed by atoms with E-state index in [0.717, 1.165) is 23.4 Å². The molecule has 1 aromatic carbocycles. The molecular weight excluding hydrogens is 552 g/mol. The van der Waals surface area contributed by atoms with E-state index in [4.69, 9.17) is 10.5 Å². The van der Waals surface area contributed by atoms with Gasteiger partial charge in [-0.2, -0.15) is 0 Å². The van der Waals surface area contributed by atoms with Crippen LogP contribution in [0.15, 0.2) is 53.8 Å². The highest BCUT2D eigenvalue weighted by Gasteiger charge is 2.29. The van der Waals surface area contributed by atoms with Gasteiger partial charge >= 0.3 is 12.1 Å². The third-order valence-electron chi connectivity index (χ3n) is 6.24. The van der Waals surface area contributed by atoms with Gasteiger partial charge in [0.15, 0.2) is 0 Å². The summed E-state index contributed by atoms with van der Waals surface area (Å²) in [6.45, 7) is 5.57. The molecule has 2 heterocycles. The van der Waals surface area contributed by atoms with Crippen LogP contribution in [0.5, 0.6) is 0 Å². The minimum atomic E-state index is -3.96. The van der Waals surface area contributed by atoms with Crippen LogP contribution in [0.4, 0.5) is 15.3 Å². The molecule has 1 saturated carbocycles. The number of sulfonamides is 1. The van der Waals surface area contributed by atoms with Crippen molar-refractivity contribution in [2.75, 3.05) is 5.32 Å². The SMILES string of the molecule is CC(C)(C)NS(=O)(=O)c1cc(NC(=O)NCc2cccnc2)ccc1-c1cnc(C2CCC(OC(N)=O)CC2)s1. The zero-order chi connectivity index (χ0) is 28.9. The summed E-state index contributed by atoms with van der Waals surface area (Å²) < 4.78 is 34.9. The van der Waals surface area contributed by atoms with Gasteiger partial charge in [0.2, 0.25) is 10.0 Å². The highest BCUT2D eigenvalue weighted by molar-refractivity contribution is 7.89. The average Bonchev–Trinajstić information content (AvgIpc) is 3.37. The monoisotopic (exact) mass is 586 g/mol. The van der Waals surface area contributed by atoms with Gasteiger partial charge in [0.1, 0.15) is 6.10 Å². The van der Waals surface area contributed by atoms with Crippen molar-refractivity contribution in [1.29, 1.82) is 0 Å². The summed E-state index contributed by atoms with van der Waals surface area (Å²) in [5.41, 5.74) is 6.09. The topological polar surface area (TPSA) is 165 Å². The van der Waals surface area contributed by atoms with Crippen LogP contribution in [0.3, 0.4) is 0 Å². The molecular formula is C27H34N6O5S2. The van der Waals surface area contributed by atoms with E-state index in [1.54, 1.807) is 57.6 Å². The Hall–Kier alpha value is -3.55. The first-order valence-electron chi connectivity index (χ1n) is 12.9. The van der Waals surface area contributed by atoms with Gasteiger partial charge in [-0.05, 0) is 70.2 Å². The molecule has 0 saturated heterocycles. The number of carbonyl (C=O) groups is 2. The number of nitrogens with two attached hydrogens (primary N) is 1. The maximum absolute atomic E-state index is 13.5. The van der Waals surface area contributed by atoms with Gasteiger partial charge in [-0.25, -0.2) is 27.7 Å². The third kappa shape index (κ3) is 7.99. The van der Waals surface area contributed by atoms with Crippen molar-refractivity contribution in [3.05, 3.63) is 59.5 Å². The van der Waals surface area contributed by atoms with Crippen LogP contribution in [-0.4, -0.2) is 42.2 Å². The van der Waals surface area contributed by atoms with Gasteiger partial charge in [-0.15, -0.1) is 11.3 Å². The van der Waals surface area contributed by atoms with Gasteiger partial charge in [-0.1, -0.05) is 12.1 Å². The lowest BCUT2D eigenvalue weighted by Crippen LogP contribution is -2.40. The largest absolute Gasteiger partial charge is 0.446 e. The summed E-state index contributed by atoms with van der Waals surface area (Å²) >= 11 is 1.44. The van der Waals surface area contributed by atoms with Crippen molar-refractivity contribution in [3.8, 4) is 10.4 Å². The van der Waals surface area contributed by atoms with Gasteiger partial charge in [0.25, 0.3) is 0 Å². The van der Waals surface area contributed by atoms with Crippen LogP contribution in [0.1, 0.15) is 62.9 Å². The average molecular weight is 587 g/mol. The molecule has 40 heavy (non-hydrogen) atoms. The van der Waals surface area contributed by atoms with Gasteiger partial charge in [-0.3, -0.25) is 4.98 Å². The smallest absolute Gasteiger partial charge is 0.404 e. The van der Waals surface area contributed by atoms with Crippen LogP contribution in [-0.2, 0) is 21.3 Å². The maximum Gasteiger partial charge on any atom is 0.404 e. The normalized spacial score (nSPS) is 17.7. The highest BCUT2D eigenvalue weighted by Crippen LogP contribution is 2.40. The first-order valence-corrected chi connectivity index (χ1v) is 15.2. The number of hydrogen-bond acceptors (Lipinski definition) is 8. The number of carbonyl (C=O) groups excluding carboxylic acids is 2. The summed E-state index contributed by atoms with van der Waals surface area (Å²) in [6, 6.07) is 7.96. The Morgan fingerprint density at radius 3 is 2.52 bits per heavy atom. The molecule has 0 aliphatic heterocycles. The number of rotatable bonds is 8. The number of aromatic nitrogens is 2. The number of pyridine rings is 1. The number of nitrogens with zero attached hydrogens (tertiary/aromatic N) is 2. The predicted molar refractivity (Wildman–Crippen MR) is 153 cm³/mol. The Bertz CT molecular complexity index is 1450. The molecule has 1 fully saturated rings. The lowest BCUT2D eigenvalue weighted by atomic mass is 9.88. The van der Waals surface area contributed by atoms with Crippen molar-refractivity contribution in [2.45, 2.75) is 75.5 Å². The van der Waals surface area contributed by atoms with Gasteiger partial charge in [0.05, 0.1) is 14.8 Å². The molecule has 13 heteroatoms. The molecule has 4 rings (SSSR count). The minimum Gasteiger partial charge on any atom is -0.446 e. The molecule has 3 amide bonds. The molecule has 2 aromatic heterocycles. The Balaban J connectivity index is 1.56. The lowest BCUT2D eigenvalue weighted by Gasteiger charge is -2.26. The van der Waals surface area contributed by atoms with Crippen LogP contribution in [0.25, 0.3) is 10.4 Å². The Morgan fingerprint density at radius 1 is 1.12 bits per heavy atom. The number of amides is 3. The molecule has 0 radical (unpaired) electrons. The number of anilines is 1. The fourth-order valence-corrected chi connectivity index (χ4v) is 7.39.